The summed E-state index contributed by atoms with van der Waals surface area (Å²) in [6.45, 7) is -0.378. The summed E-state index contributed by atoms with van der Waals surface area (Å²) in [4.78, 5) is 23.2. The van der Waals surface area contributed by atoms with Crippen LogP contribution in [0.5, 0.6) is 0 Å². The fourth-order valence-electron chi connectivity index (χ4n) is 4.06. The quantitative estimate of drug-likeness (QED) is 0.296. The number of amides is 1. The molecule has 2 heterocycles. The molecule has 1 aliphatic rings. The predicted molar refractivity (Wildman–Crippen MR) is 138 cm³/mol. The van der Waals surface area contributed by atoms with Gasteiger partial charge in [0.15, 0.2) is 11.5 Å². The van der Waals surface area contributed by atoms with Gasteiger partial charge >= 0.3 is 6.18 Å². The van der Waals surface area contributed by atoms with Crippen LogP contribution in [0, 0.1) is 5.82 Å². The molecule has 0 spiro atoms. The third-order valence-corrected chi connectivity index (χ3v) is 6.29. The minimum absolute atomic E-state index is 0.0488. The minimum Gasteiger partial charge on any atom is -0.378 e. The molecule has 0 radical (unpaired) electrons. The van der Waals surface area contributed by atoms with Crippen LogP contribution in [0.25, 0.3) is 28.2 Å². The summed E-state index contributed by atoms with van der Waals surface area (Å²) in [6, 6.07) is 12.0. The highest BCUT2D eigenvalue weighted by atomic mass is 19.4. The first kappa shape index (κ1) is 25.5. The molecule has 7 nitrogen and oxygen atoms in total. The first-order valence-corrected chi connectivity index (χ1v) is 12.2. The first-order chi connectivity index (χ1) is 18.1. The van der Waals surface area contributed by atoms with Crippen molar-refractivity contribution in [2.24, 2.45) is 0 Å². The zero-order valence-corrected chi connectivity index (χ0v) is 20.8. The smallest absolute Gasteiger partial charge is 0.378 e. The van der Waals surface area contributed by atoms with Crippen LogP contribution in [0.1, 0.15) is 29.6 Å². The molecule has 4 aromatic rings. The lowest BCUT2D eigenvalue weighted by atomic mass is 10.1. The van der Waals surface area contributed by atoms with Gasteiger partial charge in [0.05, 0.1) is 29.6 Å². The summed E-state index contributed by atoms with van der Waals surface area (Å²) in [5, 5.41) is 5.53. The lowest BCUT2D eigenvalue weighted by Crippen LogP contribution is -2.26. The number of hydrogen-bond donors (Lipinski definition) is 2. The normalized spacial score (nSPS) is 13.5. The molecule has 2 aromatic carbocycles. The molecule has 0 saturated heterocycles. The van der Waals surface area contributed by atoms with E-state index < -0.39 is 24.3 Å². The van der Waals surface area contributed by atoms with Gasteiger partial charge in [-0.1, -0.05) is 18.2 Å². The highest BCUT2D eigenvalue weighted by molar-refractivity contribution is 5.95. The fraction of sp³-hybridized carbons (Fsp3) is 0.296. The van der Waals surface area contributed by atoms with E-state index in [0.717, 1.165) is 24.1 Å². The Morgan fingerprint density at radius 2 is 1.82 bits per heavy atom. The average molecular weight is 527 g/mol. The maximum absolute atomic E-state index is 14.9. The number of benzene rings is 2. The van der Waals surface area contributed by atoms with Crippen LogP contribution in [0.4, 0.5) is 29.1 Å². The van der Waals surface area contributed by atoms with Gasteiger partial charge in [-0.15, -0.1) is 0 Å². The Bertz CT molecular complexity index is 1480. The maximum atomic E-state index is 14.9. The highest BCUT2D eigenvalue weighted by Gasteiger charge is 2.27. The van der Waals surface area contributed by atoms with Crippen molar-refractivity contribution in [2.75, 3.05) is 30.9 Å². The van der Waals surface area contributed by atoms with Crippen molar-refractivity contribution in [3.05, 3.63) is 66.2 Å². The van der Waals surface area contributed by atoms with E-state index >= 15 is 0 Å². The number of aromatic nitrogens is 3. The molecule has 1 aliphatic carbocycles. The molecule has 198 valence electrons. The van der Waals surface area contributed by atoms with Crippen molar-refractivity contribution >= 4 is 23.1 Å². The Kier molecular flexibility index (Phi) is 6.68. The molecule has 1 fully saturated rings. The zero-order valence-electron chi connectivity index (χ0n) is 20.8. The van der Waals surface area contributed by atoms with Crippen LogP contribution >= 0.6 is 0 Å². The highest BCUT2D eigenvalue weighted by Crippen LogP contribution is 2.30. The molecule has 0 atom stereocenters. The van der Waals surface area contributed by atoms with Gasteiger partial charge in [-0.3, -0.25) is 9.20 Å². The van der Waals surface area contributed by atoms with Crippen LogP contribution in [0.3, 0.4) is 0 Å². The van der Waals surface area contributed by atoms with Crippen molar-refractivity contribution in [3.63, 3.8) is 0 Å². The topological polar surface area (TPSA) is 74.6 Å². The van der Waals surface area contributed by atoms with E-state index in [-0.39, 0.29) is 24.0 Å². The largest absolute Gasteiger partial charge is 0.390 e. The molecule has 2 N–H and O–H groups in total. The van der Waals surface area contributed by atoms with Crippen molar-refractivity contribution in [1.82, 2.24) is 19.7 Å². The summed E-state index contributed by atoms with van der Waals surface area (Å²) >= 11 is 0. The molecule has 11 heteroatoms. The maximum Gasteiger partial charge on any atom is 0.390 e. The number of alkyl halides is 3. The lowest BCUT2D eigenvalue weighted by Gasteiger charge is -2.14. The van der Waals surface area contributed by atoms with Crippen LogP contribution in [-0.4, -0.2) is 53.1 Å². The summed E-state index contributed by atoms with van der Waals surface area (Å²) in [7, 11) is 3.83. The van der Waals surface area contributed by atoms with Crippen LogP contribution in [0.2, 0.25) is 0 Å². The molecule has 38 heavy (non-hydrogen) atoms. The molecule has 2 aromatic heterocycles. The Morgan fingerprint density at radius 3 is 2.45 bits per heavy atom. The fourth-order valence-corrected chi connectivity index (χ4v) is 4.06. The number of fused-ring (bicyclic) bond motifs is 1. The van der Waals surface area contributed by atoms with E-state index in [1.54, 1.807) is 16.7 Å². The minimum atomic E-state index is -4.32. The molecular weight excluding hydrogens is 500 g/mol. The van der Waals surface area contributed by atoms with Crippen molar-refractivity contribution in [1.29, 1.82) is 0 Å². The standard InChI is InChI=1S/C27H26F4N6O/c1-36(2)19-8-3-16(4-9-19)22-15-37-23(14-33-25(37)24(35-22)32-12-11-27(29,30)31)17-5-10-20(21(28)13-17)26(38)34-18-6-7-18/h3-5,8-10,13-15,18H,6-7,11-12H2,1-2H3,(H,32,35)(H,34,38). The second kappa shape index (κ2) is 9.96. The molecular formula is C27H26F4N6O. The van der Waals surface area contributed by atoms with Crippen molar-refractivity contribution in [3.8, 4) is 22.5 Å². The van der Waals surface area contributed by atoms with Gasteiger partial charge < -0.3 is 15.5 Å². The monoisotopic (exact) mass is 526 g/mol. The van der Waals surface area contributed by atoms with E-state index in [2.05, 4.69) is 20.6 Å². The van der Waals surface area contributed by atoms with Gasteiger partial charge in [0.25, 0.3) is 5.91 Å². The number of halogens is 4. The SMILES string of the molecule is CN(C)c1ccc(-c2cn3c(-c4ccc(C(=O)NC5CC5)c(F)c4)cnc3c(NCCC(F)(F)F)n2)cc1. The summed E-state index contributed by atoms with van der Waals surface area (Å²) in [6.07, 6.45) is -0.367. The number of carbonyl (C=O) groups is 1. The number of anilines is 2. The average Bonchev–Trinajstić information content (AvgIpc) is 3.57. The Morgan fingerprint density at radius 1 is 1.11 bits per heavy atom. The van der Waals surface area contributed by atoms with Crippen molar-refractivity contribution < 1.29 is 22.4 Å². The van der Waals surface area contributed by atoms with Gasteiger partial charge in [-0.25, -0.2) is 14.4 Å². The van der Waals surface area contributed by atoms with E-state index in [1.807, 2.05) is 43.3 Å². The Labute approximate surface area is 216 Å². The van der Waals surface area contributed by atoms with E-state index in [9.17, 15) is 22.4 Å². The number of carbonyl (C=O) groups excluding carboxylic acids is 1. The number of imidazole rings is 1. The second-order valence-corrected chi connectivity index (χ2v) is 9.49. The number of nitrogens with zero attached hydrogens (tertiary/aromatic N) is 4. The van der Waals surface area contributed by atoms with E-state index in [0.29, 0.717) is 22.6 Å². The lowest BCUT2D eigenvalue weighted by molar-refractivity contribution is -0.131. The van der Waals surface area contributed by atoms with Gasteiger partial charge in [0.2, 0.25) is 0 Å². The number of hydrogen-bond acceptors (Lipinski definition) is 5. The van der Waals surface area contributed by atoms with Gasteiger partial charge in [0.1, 0.15) is 5.82 Å². The zero-order chi connectivity index (χ0) is 27.0. The molecule has 0 unspecified atom stereocenters. The predicted octanol–water partition coefficient (Wildman–Crippen LogP) is 5.52. The Balaban J connectivity index is 1.54. The summed E-state index contributed by atoms with van der Waals surface area (Å²) < 4.78 is 55.0. The summed E-state index contributed by atoms with van der Waals surface area (Å²) in [5.74, 6) is -0.957. The van der Waals surface area contributed by atoms with E-state index in [4.69, 9.17) is 0 Å². The number of rotatable bonds is 8. The van der Waals surface area contributed by atoms with Crippen LogP contribution in [0.15, 0.2) is 54.9 Å². The molecule has 0 bridgehead atoms. The Hall–Kier alpha value is -4.15. The van der Waals surface area contributed by atoms with Crippen LogP contribution in [-0.2, 0) is 0 Å². The second-order valence-electron chi connectivity index (χ2n) is 9.49. The molecule has 1 amide bonds. The third kappa shape index (κ3) is 5.56. The molecule has 1 saturated carbocycles. The van der Waals surface area contributed by atoms with Gasteiger partial charge in [0, 0.05) is 49.7 Å². The first-order valence-electron chi connectivity index (χ1n) is 12.2. The molecule has 5 rings (SSSR count). The number of nitrogens with one attached hydrogen (secondary N) is 2. The summed E-state index contributed by atoms with van der Waals surface area (Å²) in [5.41, 5.74) is 3.42. The van der Waals surface area contributed by atoms with Crippen LogP contribution < -0.4 is 15.5 Å². The van der Waals surface area contributed by atoms with E-state index in [1.165, 1.54) is 18.3 Å². The molecule has 0 aliphatic heterocycles. The van der Waals surface area contributed by atoms with Gasteiger partial charge in [-0.2, -0.15) is 13.2 Å². The van der Waals surface area contributed by atoms with Gasteiger partial charge in [-0.05, 0) is 37.1 Å². The van der Waals surface area contributed by atoms with Crippen molar-refractivity contribution in [2.45, 2.75) is 31.5 Å². The third-order valence-electron chi connectivity index (χ3n) is 6.29.